The summed E-state index contributed by atoms with van der Waals surface area (Å²) in [6, 6.07) is 6.43. The number of esters is 1. The number of hydrogen-bond acceptors (Lipinski definition) is 4. The fraction of sp³-hybridized carbons (Fsp3) is 0.267. The normalized spacial score (nSPS) is 10.6. The van der Waals surface area contributed by atoms with Crippen LogP contribution in [0, 0.1) is 0 Å². The molecule has 1 amide bonds. The molecule has 0 spiro atoms. The van der Waals surface area contributed by atoms with Gasteiger partial charge in [0.05, 0.1) is 5.56 Å². The van der Waals surface area contributed by atoms with Crippen molar-refractivity contribution >= 4 is 11.9 Å². The number of halogens is 2. The van der Waals surface area contributed by atoms with E-state index < -0.39 is 12.5 Å². The first-order valence-electron chi connectivity index (χ1n) is 6.77. The summed E-state index contributed by atoms with van der Waals surface area (Å²) in [5, 5.41) is 2.63. The van der Waals surface area contributed by atoms with Crippen LogP contribution >= 0.6 is 0 Å². The van der Waals surface area contributed by atoms with E-state index in [1.807, 2.05) is 0 Å². The molecule has 6 nitrogen and oxygen atoms in total. The topological polar surface area (TPSA) is 73.2 Å². The van der Waals surface area contributed by atoms with E-state index in [4.69, 9.17) is 4.74 Å². The number of imidazole rings is 1. The molecule has 1 aromatic carbocycles. The minimum atomic E-state index is -2.74. The molecule has 0 saturated heterocycles. The third kappa shape index (κ3) is 4.60. The molecule has 23 heavy (non-hydrogen) atoms. The summed E-state index contributed by atoms with van der Waals surface area (Å²) < 4.78 is 30.9. The number of carbonyl (C=O) groups is 2. The molecule has 0 aliphatic heterocycles. The summed E-state index contributed by atoms with van der Waals surface area (Å²) in [5.74, 6) is -0.821. The van der Waals surface area contributed by atoms with Gasteiger partial charge >= 0.3 is 12.5 Å². The summed E-state index contributed by atoms with van der Waals surface area (Å²) in [6.07, 6.45) is 2.33. The molecule has 0 aliphatic rings. The number of nitrogens with zero attached hydrogens (tertiary/aromatic N) is 2. The first-order valence-corrected chi connectivity index (χ1v) is 6.77. The van der Waals surface area contributed by atoms with Crippen LogP contribution in [0.4, 0.5) is 8.78 Å². The maximum absolute atomic E-state index is 12.6. The van der Waals surface area contributed by atoms with Gasteiger partial charge < -0.3 is 10.1 Å². The van der Waals surface area contributed by atoms with Gasteiger partial charge in [-0.25, -0.2) is 9.78 Å². The molecule has 0 radical (unpaired) electrons. The SMILES string of the molecule is CC(=O)NCc1ccc(C(=O)OCc2nccn2C(F)F)cc1. The second-order valence-corrected chi connectivity index (χ2v) is 4.71. The molecule has 0 bridgehead atoms. The molecule has 1 aromatic heterocycles. The Bertz CT molecular complexity index is 684. The highest BCUT2D eigenvalue weighted by atomic mass is 19.3. The smallest absolute Gasteiger partial charge is 0.338 e. The Hall–Kier alpha value is -2.77. The zero-order valence-corrected chi connectivity index (χ0v) is 12.3. The summed E-state index contributed by atoms with van der Waals surface area (Å²) >= 11 is 0. The molecule has 0 atom stereocenters. The zero-order chi connectivity index (χ0) is 16.8. The summed E-state index contributed by atoms with van der Waals surface area (Å²) in [4.78, 5) is 26.4. The Labute approximate surface area is 131 Å². The second kappa shape index (κ2) is 7.48. The molecule has 1 N–H and O–H groups in total. The van der Waals surface area contributed by atoms with Crippen LogP contribution in [0.3, 0.4) is 0 Å². The third-order valence-electron chi connectivity index (χ3n) is 3.02. The molecule has 8 heteroatoms. The Morgan fingerprint density at radius 2 is 2.00 bits per heavy atom. The quantitative estimate of drug-likeness (QED) is 0.828. The van der Waals surface area contributed by atoms with Gasteiger partial charge in [-0.05, 0) is 17.7 Å². The Kier molecular flexibility index (Phi) is 5.40. The number of rotatable bonds is 6. The van der Waals surface area contributed by atoms with Crippen molar-refractivity contribution in [3.63, 3.8) is 0 Å². The highest BCUT2D eigenvalue weighted by Gasteiger charge is 2.14. The van der Waals surface area contributed by atoms with Crippen molar-refractivity contribution in [2.75, 3.05) is 0 Å². The molecule has 0 aliphatic carbocycles. The van der Waals surface area contributed by atoms with Crippen LogP contribution in [0.5, 0.6) is 0 Å². The monoisotopic (exact) mass is 323 g/mol. The number of aromatic nitrogens is 2. The molecular formula is C15H15F2N3O3. The van der Waals surface area contributed by atoms with E-state index in [2.05, 4.69) is 10.3 Å². The van der Waals surface area contributed by atoms with Crippen LogP contribution in [0.25, 0.3) is 0 Å². The van der Waals surface area contributed by atoms with Crippen molar-refractivity contribution in [2.24, 2.45) is 0 Å². The van der Waals surface area contributed by atoms with Gasteiger partial charge in [-0.2, -0.15) is 8.78 Å². The Morgan fingerprint density at radius 3 is 2.61 bits per heavy atom. The van der Waals surface area contributed by atoms with Gasteiger partial charge in [-0.3, -0.25) is 9.36 Å². The molecule has 0 unspecified atom stereocenters. The maximum Gasteiger partial charge on any atom is 0.338 e. The van der Waals surface area contributed by atoms with Crippen molar-refractivity contribution in [1.29, 1.82) is 0 Å². The van der Waals surface area contributed by atoms with Crippen LogP contribution in [0.15, 0.2) is 36.7 Å². The average molecular weight is 323 g/mol. The molecule has 0 saturated carbocycles. The lowest BCUT2D eigenvalue weighted by molar-refractivity contribution is -0.119. The van der Waals surface area contributed by atoms with E-state index in [0.29, 0.717) is 11.1 Å². The van der Waals surface area contributed by atoms with Crippen molar-refractivity contribution < 1.29 is 23.1 Å². The van der Waals surface area contributed by atoms with Gasteiger partial charge in [0, 0.05) is 25.9 Å². The first kappa shape index (κ1) is 16.6. The van der Waals surface area contributed by atoms with Gasteiger partial charge in [0.25, 0.3) is 0 Å². The lowest BCUT2D eigenvalue weighted by Gasteiger charge is -2.08. The molecule has 2 rings (SSSR count). The predicted octanol–water partition coefficient (Wildman–Crippen LogP) is 2.27. The van der Waals surface area contributed by atoms with Crippen molar-refractivity contribution in [3.8, 4) is 0 Å². The fourth-order valence-electron chi connectivity index (χ4n) is 1.83. The van der Waals surface area contributed by atoms with E-state index >= 15 is 0 Å². The first-order chi connectivity index (χ1) is 11.0. The van der Waals surface area contributed by atoms with E-state index in [1.54, 1.807) is 24.3 Å². The van der Waals surface area contributed by atoms with Gasteiger partial charge in [0.1, 0.15) is 6.61 Å². The molecular weight excluding hydrogens is 308 g/mol. The number of amides is 1. The van der Waals surface area contributed by atoms with Gasteiger partial charge in [-0.15, -0.1) is 0 Å². The molecule has 0 fully saturated rings. The standard InChI is InChI=1S/C15H15F2N3O3/c1-10(21)19-8-11-2-4-12(5-3-11)14(22)23-9-13-18-6-7-20(13)15(16)17/h2-7,15H,8-9H2,1H3,(H,19,21). The highest BCUT2D eigenvalue weighted by molar-refractivity contribution is 5.89. The van der Waals surface area contributed by atoms with Crippen LogP contribution in [-0.4, -0.2) is 21.4 Å². The van der Waals surface area contributed by atoms with E-state index in [1.165, 1.54) is 13.1 Å². The van der Waals surface area contributed by atoms with Gasteiger partial charge in [0.2, 0.25) is 5.91 Å². The number of ether oxygens (including phenoxy) is 1. The summed E-state index contributed by atoms with van der Waals surface area (Å²) in [6.45, 7) is -1.31. The van der Waals surface area contributed by atoms with Gasteiger partial charge in [-0.1, -0.05) is 12.1 Å². The van der Waals surface area contributed by atoms with E-state index in [-0.39, 0.29) is 23.9 Å². The predicted molar refractivity (Wildman–Crippen MR) is 76.6 cm³/mol. The fourth-order valence-corrected chi connectivity index (χ4v) is 1.83. The largest absolute Gasteiger partial charge is 0.454 e. The van der Waals surface area contributed by atoms with Crippen molar-refractivity contribution in [3.05, 3.63) is 53.6 Å². The van der Waals surface area contributed by atoms with Crippen LogP contribution in [0.1, 0.15) is 35.2 Å². The number of alkyl halides is 2. The number of carbonyl (C=O) groups excluding carboxylic acids is 2. The van der Waals surface area contributed by atoms with E-state index in [9.17, 15) is 18.4 Å². The summed E-state index contributed by atoms with van der Waals surface area (Å²) in [5.41, 5.74) is 1.11. The second-order valence-electron chi connectivity index (χ2n) is 4.71. The minimum Gasteiger partial charge on any atom is -0.454 e. The molecule has 2 aromatic rings. The van der Waals surface area contributed by atoms with Crippen LogP contribution in [0.2, 0.25) is 0 Å². The van der Waals surface area contributed by atoms with Crippen LogP contribution < -0.4 is 5.32 Å². The zero-order valence-electron chi connectivity index (χ0n) is 12.3. The highest BCUT2D eigenvalue weighted by Crippen LogP contribution is 2.14. The third-order valence-corrected chi connectivity index (χ3v) is 3.02. The number of hydrogen-bond donors (Lipinski definition) is 1. The van der Waals surface area contributed by atoms with Crippen molar-refractivity contribution in [2.45, 2.75) is 26.6 Å². The number of benzene rings is 1. The van der Waals surface area contributed by atoms with Crippen LogP contribution in [-0.2, 0) is 22.7 Å². The summed E-state index contributed by atoms with van der Waals surface area (Å²) in [7, 11) is 0. The average Bonchev–Trinajstić information content (AvgIpc) is 3.00. The maximum atomic E-state index is 12.6. The minimum absolute atomic E-state index is 0.0318. The Balaban J connectivity index is 1.93. The lowest BCUT2D eigenvalue weighted by atomic mass is 10.1. The van der Waals surface area contributed by atoms with Crippen molar-refractivity contribution in [1.82, 2.24) is 14.9 Å². The molecule has 122 valence electrons. The van der Waals surface area contributed by atoms with Gasteiger partial charge in [0.15, 0.2) is 5.82 Å². The number of nitrogens with one attached hydrogen (secondary N) is 1. The Morgan fingerprint density at radius 1 is 1.30 bits per heavy atom. The lowest BCUT2D eigenvalue weighted by Crippen LogP contribution is -2.18. The molecule has 1 heterocycles. The van der Waals surface area contributed by atoms with E-state index in [0.717, 1.165) is 11.8 Å².